The van der Waals surface area contributed by atoms with E-state index in [2.05, 4.69) is 17.8 Å². The fourth-order valence-electron chi connectivity index (χ4n) is 1.55. The molecule has 0 aromatic carbocycles. The quantitative estimate of drug-likeness (QED) is 0.633. The number of hydrogen-bond donors (Lipinski definition) is 0. The van der Waals surface area contributed by atoms with E-state index in [0.717, 1.165) is 19.4 Å². The van der Waals surface area contributed by atoms with Gasteiger partial charge in [0.15, 0.2) is 0 Å². The summed E-state index contributed by atoms with van der Waals surface area (Å²) in [5, 5.41) is 0. The Bertz CT molecular complexity index is 313. The predicted molar refractivity (Wildman–Crippen MR) is 57.8 cm³/mol. The van der Waals surface area contributed by atoms with E-state index < -0.39 is 0 Å². The third-order valence-electron chi connectivity index (χ3n) is 2.25. The summed E-state index contributed by atoms with van der Waals surface area (Å²) in [6.45, 7) is 3.27. The normalized spacial score (nSPS) is 18.8. The molecule has 0 saturated carbocycles. The van der Waals surface area contributed by atoms with Gasteiger partial charge in [-0.25, -0.2) is 0 Å². The van der Waals surface area contributed by atoms with Crippen LogP contribution in [0, 0.1) is 24.2 Å². The maximum atomic E-state index is 11.5. The number of carbonyl (C=O) groups is 1. The first-order valence-electron chi connectivity index (χ1n) is 5.04. The van der Waals surface area contributed by atoms with Crippen molar-refractivity contribution >= 4 is 5.91 Å². The van der Waals surface area contributed by atoms with Crippen LogP contribution in [0.5, 0.6) is 0 Å². The largest absolute Gasteiger partial charge is 0.376 e. The van der Waals surface area contributed by atoms with Crippen LogP contribution in [0.15, 0.2) is 0 Å². The van der Waals surface area contributed by atoms with Crippen molar-refractivity contribution < 1.29 is 9.53 Å². The van der Waals surface area contributed by atoms with Gasteiger partial charge < -0.3 is 9.64 Å². The van der Waals surface area contributed by atoms with Crippen LogP contribution in [0.1, 0.15) is 19.8 Å². The fourth-order valence-corrected chi connectivity index (χ4v) is 1.55. The average molecular weight is 205 g/mol. The van der Waals surface area contributed by atoms with Crippen LogP contribution in [0.2, 0.25) is 0 Å². The molecule has 0 radical (unpaired) electrons. The number of amides is 1. The molecule has 3 heteroatoms. The molecule has 15 heavy (non-hydrogen) atoms. The molecule has 0 bridgehead atoms. The van der Waals surface area contributed by atoms with E-state index in [1.807, 2.05) is 0 Å². The summed E-state index contributed by atoms with van der Waals surface area (Å²) in [7, 11) is 0. The highest BCUT2D eigenvalue weighted by molar-refractivity contribution is 5.93. The Kier molecular flexibility index (Phi) is 4.74. The highest BCUT2D eigenvalue weighted by Crippen LogP contribution is 2.13. The molecule has 80 valence electrons. The van der Waals surface area contributed by atoms with E-state index in [4.69, 9.17) is 11.2 Å². The van der Waals surface area contributed by atoms with E-state index >= 15 is 0 Å². The van der Waals surface area contributed by atoms with Gasteiger partial charge in [-0.15, -0.1) is 6.42 Å². The van der Waals surface area contributed by atoms with Crippen molar-refractivity contribution in [1.29, 1.82) is 0 Å². The topological polar surface area (TPSA) is 29.5 Å². The van der Waals surface area contributed by atoms with Gasteiger partial charge >= 0.3 is 0 Å². The minimum Gasteiger partial charge on any atom is -0.376 e. The Morgan fingerprint density at radius 3 is 3.00 bits per heavy atom. The zero-order valence-electron chi connectivity index (χ0n) is 8.95. The zero-order chi connectivity index (χ0) is 11.1. The molecule has 1 saturated heterocycles. The molecule has 1 amide bonds. The van der Waals surface area contributed by atoms with Crippen molar-refractivity contribution in [2.45, 2.75) is 25.9 Å². The standard InChI is InChI=1S/C12H15NO2/c1-3-6-12(14)13(8-4-2)10-11-7-5-9-15-11/h2,11H,5,7-10H2,1H3. The van der Waals surface area contributed by atoms with Crippen LogP contribution in [0.4, 0.5) is 0 Å². The summed E-state index contributed by atoms with van der Waals surface area (Å²) in [6, 6.07) is 0. The van der Waals surface area contributed by atoms with E-state index in [-0.39, 0.29) is 12.0 Å². The zero-order valence-corrected chi connectivity index (χ0v) is 8.95. The summed E-state index contributed by atoms with van der Waals surface area (Å²) in [5.41, 5.74) is 0. The summed E-state index contributed by atoms with van der Waals surface area (Å²) in [6.07, 6.45) is 7.38. The lowest BCUT2D eigenvalue weighted by molar-refractivity contribution is -0.125. The first-order chi connectivity index (χ1) is 7.27. The molecule has 0 aliphatic carbocycles. The molecule has 1 heterocycles. The van der Waals surface area contributed by atoms with Crippen molar-refractivity contribution in [3.8, 4) is 24.2 Å². The first kappa shape index (κ1) is 11.6. The number of rotatable bonds is 3. The Morgan fingerprint density at radius 1 is 1.67 bits per heavy atom. The Hall–Kier alpha value is -1.45. The van der Waals surface area contributed by atoms with E-state index in [0.29, 0.717) is 13.1 Å². The van der Waals surface area contributed by atoms with Crippen LogP contribution in [0.3, 0.4) is 0 Å². The summed E-state index contributed by atoms with van der Waals surface area (Å²) < 4.78 is 5.45. The van der Waals surface area contributed by atoms with Gasteiger partial charge in [-0.1, -0.05) is 11.8 Å². The molecule has 1 unspecified atom stereocenters. The van der Waals surface area contributed by atoms with E-state index in [1.54, 1.807) is 11.8 Å². The summed E-state index contributed by atoms with van der Waals surface area (Å²) >= 11 is 0. The fraction of sp³-hybridized carbons (Fsp3) is 0.583. The number of terminal acetylenes is 1. The molecular formula is C12H15NO2. The Balaban J connectivity index is 2.52. The van der Waals surface area contributed by atoms with Crippen LogP contribution in [0.25, 0.3) is 0 Å². The molecule has 0 aromatic heterocycles. The molecule has 1 rings (SSSR count). The maximum Gasteiger partial charge on any atom is 0.299 e. The first-order valence-corrected chi connectivity index (χ1v) is 5.04. The SMILES string of the molecule is C#CCN(CC1CCCO1)C(=O)C#CC. The van der Waals surface area contributed by atoms with Crippen molar-refractivity contribution in [3.63, 3.8) is 0 Å². The van der Waals surface area contributed by atoms with Gasteiger partial charge in [-0.05, 0) is 25.7 Å². The van der Waals surface area contributed by atoms with Crippen LogP contribution in [-0.2, 0) is 9.53 Å². The predicted octanol–water partition coefficient (Wildman–Crippen LogP) is 0.650. The van der Waals surface area contributed by atoms with Gasteiger partial charge in [-0.3, -0.25) is 4.79 Å². The smallest absolute Gasteiger partial charge is 0.299 e. The van der Waals surface area contributed by atoms with Gasteiger partial charge in [0, 0.05) is 13.2 Å². The van der Waals surface area contributed by atoms with Crippen LogP contribution in [-0.4, -0.2) is 36.6 Å². The van der Waals surface area contributed by atoms with Crippen molar-refractivity contribution in [1.82, 2.24) is 4.90 Å². The van der Waals surface area contributed by atoms with Crippen LogP contribution >= 0.6 is 0 Å². The van der Waals surface area contributed by atoms with Gasteiger partial charge in [-0.2, -0.15) is 0 Å². The Morgan fingerprint density at radius 2 is 2.47 bits per heavy atom. The lowest BCUT2D eigenvalue weighted by Gasteiger charge is -2.20. The Labute approximate surface area is 90.8 Å². The summed E-state index contributed by atoms with van der Waals surface area (Å²) in [4.78, 5) is 13.1. The van der Waals surface area contributed by atoms with E-state index in [9.17, 15) is 4.79 Å². The molecule has 1 aliphatic heterocycles. The second-order valence-electron chi connectivity index (χ2n) is 3.40. The number of hydrogen-bond acceptors (Lipinski definition) is 2. The molecule has 1 fully saturated rings. The average Bonchev–Trinajstić information content (AvgIpc) is 2.70. The van der Waals surface area contributed by atoms with Gasteiger partial charge in [0.2, 0.25) is 0 Å². The second kappa shape index (κ2) is 6.11. The maximum absolute atomic E-state index is 11.5. The second-order valence-corrected chi connectivity index (χ2v) is 3.40. The minimum atomic E-state index is -0.217. The third-order valence-corrected chi connectivity index (χ3v) is 2.25. The molecule has 0 aromatic rings. The molecule has 3 nitrogen and oxygen atoms in total. The molecular weight excluding hydrogens is 190 g/mol. The lowest BCUT2D eigenvalue weighted by atomic mass is 10.2. The van der Waals surface area contributed by atoms with Gasteiger partial charge in [0.25, 0.3) is 5.91 Å². The summed E-state index contributed by atoms with van der Waals surface area (Å²) in [5.74, 6) is 7.32. The van der Waals surface area contributed by atoms with Crippen molar-refractivity contribution in [2.24, 2.45) is 0 Å². The number of nitrogens with zero attached hydrogens (tertiary/aromatic N) is 1. The molecule has 0 spiro atoms. The van der Waals surface area contributed by atoms with Crippen molar-refractivity contribution in [2.75, 3.05) is 19.7 Å². The van der Waals surface area contributed by atoms with Gasteiger partial charge in [0.05, 0.1) is 12.6 Å². The third kappa shape index (κ3) is 3.65. The lowest BCUT2D eigenvalue weighted by Crippen LogP contribution is -2.36. The molecule has 1 atom stereocenters. The van der Waals surface area contributed by atoms with Gasteiger partial charge in [0.1, 0.15) is 0 Å². The molecule has 1 aliphatic rings. The molecule has 0 N–H and O–H groups in total. The number of carbonyl (C=O) groups excluding carboxylic acids is 1. The highest BCUT2D eigenvalue weighted by Gasteiger charge is 2.20. The monoisotopic (exact) mass is 205 g/mol. The minimum absolute atomic E-state index is 0.126. The highest BCUT2D eigenvalue weighted by atomic mass is 16.5. The van der Waals surface area contributed by atoms with Crippen molar-refractivity contribution in [3.05, 3.63) is 0 Å². The van der Waals surface area contributed by atoms with Crippen LogP contribution < -0.4 is 0 Å². The number of ether oxygens (including phenoxy) is 1. The van der Waals surface area contributed by atoms with E-state index in [1.165, 1.54) is 0 Å².